The van der Waals surface area contributed by atoms with Gasteiger partial charge in [-0.05, 0) is 37.0 Å². The lowest BCUT2D eigenvalue weighted by Gasteiger charge is -2.34. The van der Waals surface area contributed by atoms with E-state index < -0.39 is 35.1 Å². The van der Waals surface area contributed by atoms with Crippen LogP contribution in [0.25, 0.3) is 5.69 Å². The fourth-order valence-corrected chi connectivity index (χ4v) is 4.34. The Morgan fingerprint density at radius 3 is 2.46 bits per heavy atom. The minimum atomic E-state index is -4.76. The molecule has 1 fully saturated rings. The van der Waals surface area contributed by atoms with Gasteiger partial charge in [0.05, 0.1) is 16.9 Å². The molecule has 0 spiro atoms. The lowest BCUT2D eigenvalue weighted by molar-refractivity contribution is -0.137. The number of aromatic hydroxyl groups is 2. The number of benzene rings is 1. The third kappa shape index (κ3) is 2.64. The number of nitrogens with zero attached hydrogens (tertiary/aromatic N) is 1. The average molecular weight is 394 g/mol. The van der Waals surface area contributed by atoms with Crippen LogP contribution < -0.4 is 5.32 Å². The smallest absolute Gasteiger partial charge is 0.418 e. The maximum absolute atomic E-state index is 13.5. The number of fused-ring (bicyclic) bond motifs is 2. The second-order valence-electron chi connectivity index (χ2n) is 7.22. The first-order chi connectivity index (χ1) is 13.1. The molecule has 1 aromatic heterocycles. The van der Waals surface area contributed by atoms with Gasteiger partial charge in [0, 0.05) is 30.4 Å². The van der Waals surface area contributed by atoms with Crippen LogP contribution in [0.1, 0.15) is 54.7 Å². The van der Waals surface area contributed by atoms with Crippen LogP contribution in [0.3, 0.4) is 0 Å². The van der Waals surface area contributed by atoms with Crippen molar-refractivity contribution in [2.24, 2.45) is 0 Å². The molecule has 0 aliphatic heterocycles. The van der Waals surface area contributed by atoms with Gasteiger partial charge in [0.1, 0.15) is 5.78 Å². The van der Waals surface area contributed by atoms with Crippen molar-refractivity contribution in [1.82, 2.24) is 4.57 Å². The molecule has 0 unspecified atom stereocenters. The number of carbonyl (C=O) groups excluding carboxylic acids is 2. The SMILES string of the molecule is CC(=O)Nc1ccc(-n2c(O)c3c(c2O)[C@@H]2CC[C@H]3CC2=O)cc1C(F)(F)F. The quantitative estimate of drug-likeness (QED) is 0.723. The van der Waals surface area contributed by atoms with Gasteiger partial charge in [-0.25, -0.2) is 0 Å². The Bertz CT molecular complexity index is 1010. The number of aromatic nitrogens is 1. The Labute approximate surface area is 157 Å². The second-order valence-corrected chi connectivity index (χ2v) is 7.22. The number of amides is 1. The van der Waals surface area contributed by atoms with Gasteiger partial charge in [0.25, 0.3) is 0 Å². The second kappa shape index (κ2) is 6.02. The molecule has 1 heterocycles. The Hall–Kier alpha value is -2.97. The normalized spacial score (nSPS) is 20.9. The highest BCUT2D eigenvalue weighted by Gasteiger charge is 2.45. The molecule has 28 heavy (non-hydrogen) atoms. The molecular formula is C19H17F3N2O4. The Morgan fingerprint density at radius 1 is 1.18 bits per heavy atom. The number of halogens is 3. The van der Waals surface area contributed by atoms with E-state index in [0.29, 0.717) is 24.0 Å². The molecule has 9 heteroatoms. The standard InChI is InChI=1S/C19H17F3N2O4/c1-8(25)23-13-5-3-10(7-12(13)19(20,21)22)24-17(27)15-9-2-4-11(14(26)6-9)16(15)18(24)28/h3,5,7,9,11,27-28H,2,4,6H2,1H3,(H,23,25)/t9-,11+/m0/s1. The van der Waals surface area contributed by atoms with Gasteiger partial charge >= 0.3 is 6.18 Å². The van der Waals surface area contributed by atoms with E-state index in [-0.39, 0.29) is 29.7 Å². The number of alkyl halides is 3. The lowest BCUT2D eigenvalue weighted by atomic mass is 9.67. The number of ketones is 1. The molecule has 0 radical (unpaired) electrons. The summed E-state index contributed by atoms with van der Waals surface area (Å²) in [7, 11) is 0. The fraction of sp³-hybridized carbons (Fsp3) is 0.368. The molecule has 1 saturated carbocycles. The first-order valence-corrected chi connectivity index (χ1v) is 8.78. The van der Waals surface area contributed by atoms with Crippen molar-refractivity contribution < 1.29 is 33.0 Å². The Kier molecular flexibility index (Phi) is 3.95. The summed E-state index contributed by atoms with van der Waals surface area (Å²) in [5, 5.41) is 23.5. The number of carbonyl (C=O) groups is 2. The number of Topliss-reactive ketones (excluding diaryl/α,β-unsaturated/α-hetero) is 1. The third-order valence-corrected chi connectivity index (χ3v) is 5.47. The van der Waals surface area contributed by atoms with E-state index >= 15 is 0 Å². The Balaban J connectivity index is 1.90. The van der Waals surface area contributed by atoms with Crippen molar-refractivity contribution in [3.05, 3.63) is 34.9 Å². The van der Waals surface area contributed by atoms with Crippen LogP contribution >= 0.6 is 0 Å². The highest BCUT2D eigenvalue weighted by atomic mass is 19.4. The Morgan fingerprint density at radius 2 is 1.86 bits per heavy atom. The summed E-state index contributed by atoms with van der Waals surface area (Å²) in [4.78, 5) is 23.4. The van der Waals surface area contributed by atoms with Crippen LogP contribution in [-0.2, 0) is 15.8 Å². The number of rotatable bonds is 2. The molecule has 2 atom stereocenters. The summed E-state index contributed by atoms with van der Waals surface area (Å²) >= 11 is 0. The average Bonchev–Trinajstić information content (AvgIpc) is 2.87. The van der Waals surface area contributed by atoms with Crippen molar-refractivity contribution in [3.8, 4) is 17.4 Å². The first kappa shape index (κ1) is 18.4. The van der Waals surface area contributed by atoms with E-state index in [1.165, 1.54) is 6.07 Å². The van der Waals surface area contributed by atoms with Gasteiger partial charge in [-0.2, -0.15) is 13.2 Å². The molecule has 1 aromatic carbocycles. The minimum Gasteiger partial charge on any atom is -0.494 e. The third-order valence-electron chi connectivity index (χ3n) is 5.47. The molecule has 2 bridgehead atoms. The van der Waals surface area contributed by atoms with Gasteiger partial charge in [-0.15, -0.1) is 0 Å². The minimum absolute atomic E-state index is 0.0341. The van der Waals surface area contributed by atoms with Crippen LogP contribution in [-0.4, -0.2) is 26.5 Å². The molecule has 148 valence electrons. The summed E-state index contributed by atoms with van der Waals surface area (Å²) in [6.45, 7) is 1.10. The van der Waals surface area contributed by atoms with Crippen LogP contribution in [0.4, 0.5) is 18.9 Å². The molecule has 6 nitrogen and oxygen atoms in total. The van der Waals surface area contributed by atoms with E-state index in [2.05, 4.69) is 5.32 Å². The van der Waals surface area contributed by atoms with Crippen LogP contribution in [0.15, 0.2) is 18.2 Å². The van der Waals surface area contributed by atoms with Gasteiger partial charge in [-0.3, -0.25) is 14.2 Å². The number of nitrogens with one attached hydrogen (secondary N) is 1. The maximum Gasteiger partial charge on any atom is 0.418 e. The summed E-state index contributed by atoms with van der Waals surface area (Å²) < 4.78 is 41.4. The van der Waals surface area contributed by atoms with E-state index in [9.17, 15) is 33.0 Å². The molecule has 1 amide bonds. The first-order valence-electron chi connectivity index (χ1n) is 8.78. The van der Waals surface area contributed by atoms with Crippen molar-refractivity contribution >= 4 is 17.4 Å². The largest absolute Gasteiger partial charge is 0.494 e. The zero-order valence-corrected chi connectivity index (χ0v) is 14.8. The zero-order chi connectivity index (χ0) is 20.4. The van der Waals surface area contributed by atoms with Crippen molar-refractivity contribution in [2.75, 3.05) is 5.32 Å². The van der Waals surface area contributed by atoms with Crippen LogP contribution in [0.2, 0.25) is 0 Å². The maximum atomic E-state index is 13.5. The van der Waals surface area contributed by atoms with Gasteiger partial charge in [0.15, 0.2) is 0 Å². The number of anilines is 1. The highest BCUT2D eigenvalue weighted by molar-refractivity contribution is 5.92. The molecule has 0 saturated heterocycles. The molecule has 3 aliphatic carbocycles. The van der Waals surface area contributed by atoms with E-state index in [1.807, 2.05) is 0 Å². The summed E-state index contributed by atoms with van der Waals surface area (Å²) in [5.41, 5.74) is -0.894. The van der Waals surface area contributed by atoms with Gasteiger partial charge in [0.2, 0.25) is 17.7 Å². The fourth-order valence-electron chi connectivity index (χ4n) is 4.34. The summed E-state index contributed by atoms with van der Waals surface area (Å²) in [6, 6.07) is 3.08. The zero-order valence-electron chi connectivity index (χ0n) is 14.8. The lowest BCUT2D eigenvalue weighted by Crippen LogP contribution is -2.28. The van der Waals surface area contributed by atoms with Gasteiger partial charge in [-0.1, -0.05) is 0 Å². The number of hydrogen-bond acceptors (Lipinski definition) is 4. The van der Waals surface area contributed by atoms with Gasteiger partial charge < -0.3 is 15.5 Å². The van der Waals surface area contributed by atoms with Crippen molar-refractivity contribution in [1.29, 1.82) is 0 Å². The molecule has 3 N–H and O–H groups in total. The van der Waals surface area contributed by atoms with E-state index in [0.717, 1.165) is 23.6 Å². The topological polar surface area (TPSA) is 91.6 Å². The van der Waals surface area contributed by atoms with E-state index in [1.54, 1.807) is 0 Å². The molecule has 2 aromatic rings. The highest BCUT2D eigenvalue weighted by Crippen LogP contribution is 2.56. The number of hydrogen-bond donors (Lipinski definition) is 3. The van der Waals surface area contributed by atoms with Crippen molar-refractivity contribution in [3.63, 3.8) is 0 Å². The summed E-state index contributed by atoms with van der Waals surface area (Å²) in [6.07, 6.45) is -3.29. The predicted octanol–water partition coefficient (Wildman–Crippen LogP) is 3.80. The van der Waals surface area contributed by atoms with Crippen LogP contribution in [0.5, 0.6) is 11.8 Å². The monoisotopic (exact) mass is 394 g/mol. The van der Waals surface area contributed by atoms with E-state index in [4.69, 9.17) is 0 Å². The molecule has 3 aliphatic rings. The van der Waals surface area contributed by atoms with Crippen LogP contribution in [0, 0.1) is 0 Å². The summed E-state index contributed by atoms with van der Waals surface area (Å²) in [5.74, 6) is -2.26. The molecular weight excluding hydrogens is 377 g/mol. The van der Waals surface area contributed by atoms with Crippen molar-refractivity contribution in [2.45, 2.75) is 44.2 Å². The molecule has 5 rings (SSSR count). The predicted molar refractivity (Wildman–Crippen MR) is 92.7 cm³/mol.